The van der Waals surface area contributed by atoms with Crippen LogP contribution in [-0.4, -0.2) is 42.1 Å². The molecule has 0 bridgehead atoms. The van der Waals surface area contributed by atoms with Crippen LogP contribution in [0.4, 0.5) is 11.4 Å². The highest BCUT2D eigenvalue weighted by atomic mass is 35.5. The van der Waals surface area contributed by atoms with Crippen LogP contribution in [-0.2, 0) is 9.53 Å². The molecule has 1 amide bonds. The molecule has 22 heavy (non-hydrogen) atoms. The number of ether oxygens (including phenoxy) is 1. The number of alkyl halides is 2. The summed E-state index contributed by atoms with van der Waals surface area (Å²) in [7, 11) is 1.27. The van der Waals surface area contributed by atoms with Crippen LogP contribution < -0.4 is 10.6 Å². The Morgan fingerprint density at radius 3 is 2.59 bits per heavy atom. The summed E-state index contributed by atoms with van der Waals surface area (Å²) in [4.78, 5) is 23.3. The van der Waals surface area contributed by atoms with E-state index in [1.807, 2.05) is 0 Å². The van der Waals surface area contributed by atoms with Crippen molar-refractivity contribution >= 4 is 46.5 Å². The summed E-state index contributed by atoms with van der Waals surface area (Å²) in [5.74, 6) is -0.365. The van der Waals surface area contributed by atoms with Crippen molar-refractivity contribution in [1.29, 1.82) is 0 Å². The molecule has 3 N–H and O–H groups in total. The zero-order valence-electron chi connectivity index (χ0n) is 12.1. The van der Waals surface area contributed by atoms with E-state index < -0.39 is 12.2 Å². The van der Waals surface area contributed by atoms with Gasteiger partial charge in [-0.15, -0.1) is 23.2 Å². The molecular formula is C14H18Cl2N2O4. The second-order valence-electron chi connectivity index (χ2n) is 4.38. The molecule has 1 atom stereocenters. The Bertz CT molecular complexity index is 526. The number of amides is 1. The zero-order valence-corrected chi connectivity index (χ0v) is 13.6. The predicted octanol–water partition coefficient (Wildman–Crippen LogP) is 2.40. The Balaban J connectivity index is 3.02. The minimum atomic E-state index is -0.870. The van der Waals surface area contributed by atoms with E-state index in [0.717, 1.165) is 0 Å². The van der Waals surface area contributed by atoms with Gasteiger partial charge < -0.3 is 20.5 Å². The topological polar surface area (TPSA) is 87.7 Å². The fourth-order valence-corrected chi connectivity index (χ4v) is 2.05. The lowest BCUT2D eigenvalue weighted by molar-refractivity contribution is -0.115. The smallest absolute Gasteiger partial charge is 0.337 e. The van der Waals surface area contributed by atoms with Crippen molar-refractivity contribution in [1.82, 2.24) is 0 Å². The summed E-state index contributed by atoms with van der Waals surface area (Å²) in [5.41, 5.74) is 1.10. The fraction of sp³-hybridized carbons (Fsp3) is 0.429. The number of nitrogens with one attached hydrogen (secondary N) is 2. The van der Waals surface area contributed by atoms with Crippen LogP contribution in [0.1, 0.15) is 23.2 Å². The van der Waals surface area contributed by atoms with Crippen LogP contribution in [0.5, 0.6) is 0 Å². The average Bonchev–Trinajstić information content (AvgIpc) is 2.48. The number of benzene rings is 1. The average molecular weight is 349 g/mol. The number of hydrogen-bond acceptors (Lipinski definition) is 5. The monoisotopic (exact) mass is 348 g/mol. The maximum Gasteiger partial charge on any atom is 0.337 e. The van der Waals surface area contributed by atoms with Gasteiger partial charge in [-0.3, -0.25) is 4.79 Å². The maximum absolute atomic E-state index is 11.7. The summed E-state index contributed by atoms with van der Waals surface area (Å²) in [6.07, 6.45) is -0.409. The fourth-order valence-electron chi connectivity index (χ4n) is 1.67. The van der Waals surface area contributed by atoms with E-state index >= 15 is 0 Å². The lowest BCUT2D eigenvalue weighted by Gasteiger charge is -2.17. The number of carbonyl (C=O) groups is 2. The summed E-state index contributed by atoms with van der Waals surface area (Å²) < 4.78 is 4.64. The quantitative estimate of drug-likeness (QED) is 0.381. The number of esters is 1. The number of methoxy groups -OCH3 is 1. The van der Waals surface area contributed by atoms with E-state index in [2.05, 4.69) is 15.4 Å². The first kappa shape index (κ1) is 18.5. The molecule has 0 fully saturated rings. The van der Waals surface area contributed by atoms with Crippen LogP contribution in [0.25, 0.3) is 0 Å². The van der Waals surface area contributed by atoms with Crippen LogP contribution in [0.15, 0.2) is 18.2 Å². The standard InChI is InChI=1S/C14H18Cl2N2O4/c1-22-14(21)9-2-3-10(17-12(19)4-6-15)11(8-9)18-13(20)5-7-16/h2-3,8,12,17,19H,4-7H2,1H3,(H,18,20). The Labute approximate surface area is 138 Å². The molecule has 0 aromatic heterocycles. The third-order valence-electron chi connectivity index (χ3n) is 2.74. The molecule has 0 saturated heterocycles. The van der Waals surface area contributed by atoms with Gasteiger partial charge in [0.15, 0.2) is 0 Å². The van der Waals surface area contributed by atoms with Crippen molar-refractivity contribution < 1.29 is 19.4 Å². The van der Waals surface area contributed by atoms with Gasteiger partial charge >= 0.3 is 5.97 Å². The molecular weight excluding hydrogens is 331 g/mol. The first-order valence-corrected chi connectivity index (χ1v) is 7.67. The number of halogens is 2. The number of aliphatic hydroxyl groups is 1. The largest absolute Gasteiger partial charge is 0.465 e. The van der Waals surface area contributed by atoms with E-state index in [1.54, 1.807) is 6.07 Å². The lowest BCUT2D eigenvalue weighted by Crippen LogP contribution is -2.21. The number of aliphatic hydroxyl groups excluding tert-OH is 1. The third-order valence-corrected chi connectivity index (χ3v) is 3.15. The Hall–Kier alpha value is -1.50. The summed E-state index contributed by atoms with van der Waals surface area (Å²) in [6, 6.07) is 4.56. The van der Waals surface area contributed by atoms with Crippen LogP contribution in [0, 0.1) is 0 Å². The van der Waals surface area contributed by atoms with Gasteiger partial charge in [0, 0.05) is 24.6 Å². The summed E-state index contributed by atoms with van der Waals surface area (Å²) in [6.45, 7) is 0. The molecule has 0 radical (unpaired) electrons. The molecule has 0 saturated carbocycles. The van der Waals surface area contributed by atoms with Crippen LogP contribution in [0.3, 0.4) is 0 Å². The second-order valence-corrected chi connectivity index (χ2v) is 5.13. The molecule has 1 unspecified atom stereocenters. The van der Waals surface area contributed by atoms with Gasteiger partial charge in [0.2, 0.25) is 5.91 Å². The first-order valence-electron chi connectivity index (χ1n) is 6.60. The van der Waals surface area contributed by atoms with Crippen LogP contribution >= 0.6 is 23.2 Å². The summed E-state index contributed by atoms with van der Waals surface area (Å²) in [5, 5.41) is 15.2. The van der Waals surface area contributed by atoms with E-state index in [1.165, 1.54) is 19.2 Å². The van der Waals surface area contributed by atoms with Gasteiger partial charge in [-0.1, -0.05) is 0 Å². The predicted molar refractivity (Wildman–Crippen MR) is 86.7 cm³/mol. The Morgan fingerprint density at radius 2 is 2.00 bits per heavy atom. The van der Waals surface area contributed by atoms with Crippen molar-refractivity contribution in [3.63, 3.8) is 0 Å². The summed E-state index contributed by atoms with van der Waals surface area (Å²) >= 11 is 11.1. The van der Waals surface area contributed by atoms with E-state index in [0.29, 0.717) is 17.8 Å². The normalized spacial score (nSPS) is 11.6. The van der Waals surface area contributed by atoms with Gasteiger partial charge in [0.05, 0.1) is 24.0 Å². The minimum Gasteiger partial charge on any atom is -0.465 e. The zero-order chi connectivity index (χ0) is 16.5. The highest BCUT2D eigenvalue weighted by molar-refractivity contribution is 6.19. The molecule has 1 rings (SSSR count). The van der Waals surface area contributed by atoms with E-state index in [9.17, 15) is 14.7 Å². The molecule has 6 nitrogen and oxygen atoms in total. The highest BCUT2D eigenvalue weighted by Crippen LogP contribution is 2.25. The van der Waals surface area contributed by atoms with Gasteiger partial charge in [-0.25, -0.2) is 4.79 Å². The second kappa shape index (κ2) is 9.50. The number of rotatable bonds is 8. The van der Waals surface area contributed by atoms with E-state index in [-0.39, 0.29) is 29.7 Å². The van der Waals surface area contributed by atoms with E-state index in [4.69, 9.17) is 23.2 Å². The van der Waals surface area contributed by atoms with Crippen molar-refractivity contribution in [2.24, 2.45) is 0 Å². The van der Waals surface area contributed by atoms with Crippen molar-refractivity contribution in [3.8, 4) is 0 Å². The number of anilines is 2. The van der Waals surface area contributed by atoms with Crippen molar-refractivity contribution in [3.05, 3.63) is 23.8 Å². The molecule has 122 valence electrons. The minimum absolute atomic E-state index is 0.133. The Kier molecular flexibility index (Phi) is 8.01. The van der Waals surface area contributed by atoms with Gasteiger partial charge in [0.25, 0.3) is 0 Å². The van der Waals surface area contributed by atoms with Gasteiger partial charge in [-0.2, -0.15) is 0 Å². The van der Waals surface area contributed by atoms with Crippen molar-refractivity contribution in [2.45, 2.75) is 19.1 Å². The first-order chi connectivity index (χ1) is 10.5. The molecule has 1 aromatic rings. The van der Waals surface area contributed by atoms with Gasteiger partial charge in [0.1, 0.15) is 6.23 Å². The Morgan fingerprint density at radius 1 is 1.27 bits per heavy atom. The molecule has 0 aliphatic carbocycles. The third kappa shape index (κ3) is 5.71. The van der Waals surface area contributed by atoms with Crippen molar-refractivity contribution in [2.75, 3.05) is 29.5 Å². The molecule has 0 aliphatic rings. The molecule has 8 heteroatoms. The molecule has 0 spiro atoms. The number of hydrogen-bond donors (Lipinski definition) is 3. The highest BCUT2D eigenvalue weighted by Gasteiger charge is 2.14. The SMILES string of the molecule is COC(=O)c1ccc(NC(O)CCCl)c(NC(=O)CCCl)c1. The maximum atomic E-state index is 11.7. The molecule has 0 aliphatic heterocycles. The lowest BCUT2D eigenvalue weighted by atomic mass is 10.1. The molecule has 0 heterocycles. The number of carbonyl (C=O) groups excluding carboxylic acids is 2. The van der Waals surface area contributed by atoms with Crippen LogP contribution in [0.2, 0.25) is 0 Å². The van der Waals surface area contributed by atoms with Gasteiger partial charge in [-0.05, 0) is 18.2 Å². The molecule has 1 aromatic carbocycles.